The minimum Gasteiger partial charge on any atom is -0.493 e. The molecule has 0 fully saturated rings. The first kappa shape index (κ1) is 26.6. The van der Waals surface area contributed by atoms with Gasteiger partial charge in [-0.2, -0.15) is 0 Å². The van der Waals surface area contributed by atoms with Crippen molar-refractivity contribution in [1.29, 1.82) is 0 Å². The Kier molecular flexibility index (Phi) is 11.1. The van der Waals surface area contributed by atoms with E-state index in [1.54, 1.807) is 12.1 Å². The van der Waals surface area contributed by atoms with Crippen LogP contribution in [0.25, 0.3) is 0 Å². The van der Waals surface area contributed by atoms with Crippen LogP contribution in [0.1, 0.15) is 54.1 Å². The van der Waals surface area contributed by atoms with Crippen LogP contribution in [0, 0.1) is 13.8 Å². The molecule has 7 nitrogen and oxygen atoms in total. The monoisotopic (exact) mass is 535 g/mol. The molecule has 9 heteroatoms. The SMILES string of the molecule is CCCCCCOc1ccc(Br)cc1C(=O)NC(=S)NNC(=O)COc1ccc(C)cc1C. The summed E-state index contributed by atoms with van der Waals surface area (Å²) in [5.41, 5.74) is 7.32. The number of carbonyl (C=O) groups is 2. The second-order valence-corrected chi connectivity index (χ2v) is 8.89. The van der Waals surface area contributed by atoms with Crippen LogP contribution < -0.4 is 25.6 Å². The summed E-state index contributed by atoms with van der Waals surface area (Å²) in [6.07, 6.45) is 4.29. The molecule has 178 valence electrons. The van der Waals surface area contributed by atoms with Crippen molar-refractivity contribution in [1.82, 2.24) is 16.2 Å². The third kappa shape index (κ3) is 9.39. The van der Waals surface area contributed by atoms with Crippen molar-refractivity contribution in [3.05, 3.63) is 57.6 Å². The van der Waals surface area contributed by atoms with Crippen LogP contribution in [0.4, 0.5) is 0 Å². The molecule has 3 N–H and O–H groups in total. The third-order valence-corrected chi connectivity index (χ3v) is 5.37. The number of unbranched alkanes of at least 4 members (excludes halogenated alkanes) is 3. The molecule has 2 amide bonds. The molecule has 0 aliphatic carbocycles. The van der Waals surface area contributed by atoms with E-state index in [0.717, 1.165) is 41.3 Å². The molecule has 0 spiro atoms. The number of thiocarbonyl (C=S) groups is 1. The Labute approximate surface area is 208 Å². The Morgan fingerprint density at radius 1 is 0.970 bits per heavy atom. The predicted molar refractivity (Wildman–Crippen MR) is 137 cm³/mol. The fourth-order valence-corrected chi connectivity index (χ4v) is 3.49. The Morgan fingerprint density at radius 2 is 1.73 bits per heavy atom. The first-order chi connectivity index (χ1) is 15.8. The summed E-state index contributed by atoms with van der Waals surface area (Å²) in [6, 6.07) is 10.9. The number of nitrogens with one attached hydrogen (secondary N) is 3. The van der Waals surface area contributed by atoms with Crippen LogP contribution in [-0.4, -0.2) is 30.1 Å². The first-order valence-electron chi connectivity index (χ1n) is 10.8. The van der Waals surface area contributed by atoms with E-state index in [1.165, 1.54) is 0 Å². The standard InChI is InChI=1S/C24H30BrN3O4S/c1-4-5-6-7-12-31-21-11-9-18(25)14-19(21)23(30)26-24(33)28-27-22(29)15-32-20-10-8-16(2)13-17(20)3/h8-11,13-14H,4-7,12,15H2,1-3H3,(H,27,29)(H2,26,28,30,33). The molecule has 0 saturated carbocycles. The Balaban J connectivity index is 1.82. The van der Waals surface area contributed by atoms with Gasteiger partial charge >= 0.3 is 0 Å². The van der Waals surface area contributed by atoms with Gasteiger partial charge in [-0.15, -0.1) is 0 Å². The van der Waals surface area contributed by atoms with Crippen LogP contribution in [0.2, 0.25) is 0 Å². The van der Waals surface area contributed by atoms with Crippen molar-refractivity contribution in [3.8, 4) is 11.5 Å². The number of hydrogen-bond donors (Lipinski definition) is 3. The largest absolute Gasteiger partial charge is 0.493 e. The molecular weight excluding hydrogens is 506 g/mol. The molecule has 0 saturated heterocycles. The van der Waals surface area contributed by atoms with E-state index in [0.29, 0.717) is 23.7 Å². The highest BCUT2D eigenvalue weighted by atomic mass is 79.9. The molecule has 0 radical (unpaired) electrons. The number of halogens is 1. The highest BCUT2D eigenvalue weighted by Crippen LogP contribution is 2.24. The lowest BCUT2D eigenvalue weighted by molar-refractivity contribution is -0.123. The van der Waals surface area contributed by atoms with Crippen molar-refractivity contribution in [2.45, 2.75) is 46.5 Å². The van der Waals surface area contributed by atoms with Gasteiger partial charge in [-0.1, -0.05) is 59.8 Å². The van der Waals surface area contributed by atoms with Crippen LogP contribution in [0.15, 0.2) is 40.9 Å². The molecule has 2 aromatic carbocycles. The van der Waals surface area contributed by atoms with E-state index in [4.69, 9.17) is 21.7 Å². The summed E-state index contributed by atoms with van der Waals surface area (Å²) < 4.78 is 12.1. The lowest BCUT2D eigenvalue weighted by Crippen LogP contribution is -2.49. The first-order valence-corrected chi connectivity index (χ1v) is 12.0. The Morgan fingerprint density at radius 3 is 2.45 bits per heavy atom. The zero-order valence-corrected chi connectivity index (χ0v) is 21.5. The molecule has 2 rings (SSSR count). The van der Waals surface area contributed by atoms with Crippen LogP contribution in [0.3, 0.4) is 0 Å². The van der Waals surface area contributed by atoms with Gasteiger partial charge in [0.05, 0.1) is 12.2 Å². The maximum absolute atomic E-state index is 12.7. The van der Waals surface area contributed by atoms with E-state index < -0.39 is 11.8 Å². The van der Waals surface area contributed by atoms with Crippen molar-refractivity contribution in [2.75, 3.05) is 13.2 Å². The van der Waals surface area contributed by atoms with Gasteiger partial charge in [-0.3, -0.25) is 25.8 Å². The summed E-state index contributed by atoms with van der Waals surface area (Å²) in [4.78, 5) is 24.8. The third-order valence-electron chi connectivity index (χ3n) is 4.67. The van der Waals surface area contributed by atoms with Gasteiger partial charge < -0.3 is 9.47 Å². The van der Waals surface area contributed by atoms with Gasteiger partial charge in [-0.05, 0) is 62.3 Å². The van der Waals surface area contributed by atoms with E-state index in [1.807, 2.05) is 38.1 Å². The molecular formula is C24H30BrN3O4S. The van der Waals surface area contributed by atoms with Gasteiger partial charge in [0.15, 0.2) is 11.7 Å². The topological polar surface area (TPSA) is 88.7 Å². The van der Waals surface area contributed by atoms with Crippen molar-refractivity contribution >= 4 is 45.1 Å². The van der Waals surface area contributed by atoms with Crippen LogP contribution in [0.5, 0.6) is 11.5 Å². The average Bonchev–Trinajstić information content (AvgIpc) is 2.77. The molecule has 0 bridgehead atoms. The molecule has 0 heterocycles. The number of rotatable bonds is 10. The molecule has 33 heavy (non-hydrogen) atoms. The number of benzene rings is 2. The van der Waals surface area contributed by atoms with Crippen molar-refractivity contribution in [3.63, 3.8) is 0 Å². The minimum atomic E-state index is -0.446. The zero-order valence-electron chi connectivity index (χ0n) is 19.1. The van der Waals surface area contributed by atoms with Gasteiger partial charge in [0.1, 0.15) is 11.5 Å². The summed E-state index contributed by atoms with van der Waals surface area (Å²) in [5.74, 6) is 0.215. The normalized spacial score (nSPS) is 10.3. The zero-order chi connectivity index (χ0) is 24.2. The number of aryl methyl sites for hydroxylation is 2. The smallest absolute Gasteiger partial charge is 0.276 e. The summed E-state index contributed by atoms with van der Waals surface area (Å²) in [7, 11) is 0. The fourth-order valence-electron chi connectivity index (χ4n) is 2.99. The molecule has 0 atom stereocenters. The van der Waals surface area contributed by atoms with E-state index in [2.05, 4.69) is 39.0 Å². The maximum atomic E-state index is 12.7. The summed E-state index contributed by atoms with van der Waals surface area (Å²) in [5, 5.41) is 2.50. The van der Waals surface area contributed by atoms with Crippen molar-refractivity contribution in [2.24, 2.45) is 0 Å². The molecule has 0 aliphatic heterocycles. The highest BCUT2D eigenvalue weighted by Gasteiger charge is 2.15. The number of carbonyl (C=O) groups excluding carboxylic acids is 2. The second-order valence-electron chi connectivity index (χ2n) is 7.56. The number of hydrazine groups is 1. The molecule has 2 aromatic rings. The Hall–Kier alpha value is -2.65. The molecule has 0 unspecified atom stereocenters. The highest BCUT2D eigenvalue weighted by molar-refractivity contribution is 9.10. The molecule has 0 aromatic heterocycles. The average molecular weight is 536 g/mol. The minimum absolute atomic E-state index is 0.0475. The van der Waals surface area contributed by atoms with Gasteiger partial charge in [0.25, 0.3) is 11.8 Å². The fraction of sp³-hybridized carbons (Fsp3) is 0.375. The van der Waals surface area contributed by atoms with Crippen molar-refractivity contribution < 1.29 is 19.1 Å². The van der Waals surface area contributed by atoms with Crippen LogP contribution >= 0.6 is 28.1 Å². The lowest BCUT2D eigenvalue weighted by atomic mass is 10.1. The van der Waals surface area contributed by atoms with Gasteiger partial charge in [-0.25, -0.2) is 0 Å². The number of ether oxygens (including phenoxy) is 2. The predicted octanol–water partition coefficient (Wildman–Crippen LogP) is 4.74. The number of amides is 2. The summed E-state index contributed by atoms with van der Waals surface area (Å²) in [6.45, 7) is 6.37. The quantitative estimate of drug-likeness (QED) is 0.231. The number of hydrogen-bond acceptors (Lipinski definition) is 5. The Bertz CT molecular complexity index is 984. The van der Waals surface area contributed by atoms with Gasteiger partial charge in [0.2, 0.25) is 0 Å². The van der Waals surface area contributed by atoms with Gasteiger partial charge in [0, 0.05) is 4.47 Å². The van der Waals surface area contributed by atoms with E-state index in [9.17, 15) is 9.59 Å². The summed E-state index contributed by atoms with van der Waals surface area (Å²) >= 11 is 8.50. The van der Waals surface area contributed by atoms with E-state index >= 15 is 0 Å². The van der Waals surface area contributed by atoms with E-state index in [-0.39, 0.29) is 11.7 Å². The van der Waals surface area contributed by atoms with Crippen LogP contribution in [-0.2, 0) is 4.79 Å². The second kappa shape index (κ2) is 13.8. The maximum Gasteiger partial charge on any atom is 0.276 e. The molecule has 0 aliphatic rings. The lowest BCUT2D eigenvalue weighted by Gasteiger charge is -2.14.